The molecule has 0 saturated carbocycles. The number of carbonyl (C=O) groups is 1. The number of hydrogen-bond donors (Lipinski definition) is 1. The minimum Gasteiger partial charge on any atom is -0.496 e. The highest BCUT2D eigenvalue weighted by molar-refractivity contribution is 7.89. The van der Waals surface area contributed by atoms with Gasteiger partial charge in [-0.1, -0.05) is 18.2 Å². The maximum atomic E-state index is 13.1. The molecule has 29 heavy (non-hydrogen) atoms. The Bertz CT molecular complexity index is 997. The number of piperidine rings is 1. The van der Waals surface area contributed by atoms with Gasteiger partial charge in [0.2, 0.25) is 15.9 Å². The zero-order chi connectivity index (χ0) is 21.2. The molecule has 0 aliphatic carbocycles. The normalized spacial score (nSPS) is 17.7. The number of amides is 1. The Morgan fingerprint density at radius 2 is 1.79 bits per heavy atom. The van der Waals surface area contributed by atoms with Crippen molar-refractivity contribution in [3.63, 3.8) is 0 Å². The highest BCUT2D eigenvalue weighted by atomic mass is 32.2. The maximum absolute atomic E-state index is 13.1. The van der Waals surface area contributed by atoms with Crippen LogP contribution in [0.25, 0.3) is 0 Å². The summed E-state index contributed by atoms with van der Waals surface area (Å²) in [6.45, 7) is 6.32. The van der Waals surface area contributed by atoms with E-state index < -0.39 is 10.0 Å². The zero-order valence-corrected chi connectivity index (χ0v) is 18.2. The third-order valence-corrected chi connectivity index (χ3v) is 7.35. The van der Waals surface area contributed by atoms with Crippen molar-refractivity contribution in [1.29, 1.82) is 0 Å². The molecule has 0 radical (unpaired) electrons. The van der Waals surface area contributed by atoms with Gasteiger partial charge in [0.25, 0.3) is 0 Å². The van der Waals surface area contributed by atoms with E-state index in [4.69, 9.17) is 4.74 Å². The van der Waals surface area contributed by atoms with Crippen molar-refractivity contribution in [2.45, 2.75) is 38.5 Å². The largest absolute Gasteiger partial charge is 0.496 e. The second kappa shape index (κ2) is 8.55. The molecule has 0 spiro atoms. The van der Waals surface area contributed by atoms with Crippen molar-refractivity contribution in [2.24, 2.45) is 5.92 Å². The predicted octanol–water partition coefficient (Wildman–Crippen LogP) is 3.66. The molecule has 0 unspecified atom stereocenters. The van der Waals surface area contributed by atoms with Gasteiger partial charge in [0.05, 0.1) is 17.9 Å². The van der Waals surface area contributed by atoms with Crippen LogP contribution in [0.15, 0.2) is 41.3 Å². The first kappa shape index (κ1) is 21.3. The number of para-hydroxylation sites is 1. The summed E-state index contributed by atoms with van der Waals surface area (Å²) >= 11 is 0. The van der Waals surface area contributed by atoms with Crippen LogP contribution in [0.1, 0.15) is 29.5 Å². The topological polar surface area (TPSA) is 75.7 Å². The average Bonchev–Trinajstić information content (AvgIpc) is 2.70. The second-order valence-electron chi connectivity index (χ2n) is 7.59. The molecule has 1 aliphatic rings. The number of aryl methyl sites for hydroxylation is 3. The van der Waals surface area contributed by atoms with Crippen molar-refractivity contribution >= 4 is 21.6 Å². The van der Waals surface area contributed by atoms with E-state index in [1.165, 1.54) is 4.31 Å². The quantitative estimate of drug-likeness (QED) is 0.807. The molecule has 0 aromatic heterocycles. The fraction of sp³-hybridized carbons (Fsp3) is 0.409. The summed E-state index contributed by atoms with van der Waals surface area (Å²) in [5.41, 5.74) is 3.55. The van der Waals surface area contributed by atoms with Crippen molar-refractivity contribution in [3.05, 3.63) is 53.1 Å². The lowest BCUT2D eigenvalue weighted by Gasteiger charge is -2.31. The third kappa shape index (κ3) is 4.46. The lowest BCUT2D eigenvalue weighted by atomic mass is 9.98. The summed E-state index contributed by atoms with van der Waals surface area (Å²) in [6, 6.07) is 10.7. The molecule has 1 heterocycles. The van der Waals surface area contributed by atoms with E-state index >= 15 is 0 Å². The zero-order valence-electron chi connectivity index (χ0n) is 17.4. The van der Waals surface area contributed by atoms with Crippen molar-refractivity contribution in [2.75, 3.05) is 25.5 Å². The van der Waals surface area contributed by atoms with Crippen LogP contribution in [-0.2, 0) is 14.8 Å². The Labute approximate surface area is 172 Å². The van der Waals surface area contributed by atoms with Gasteiger partial charge in [-0.25, -0.2) is 8.42 Å². The van der Waals surface area contributed by atoms with Gasteiger partial charge in [0.1, 0.15) is 5.75 Å². The van der Waals surface area contributed by atoms with E-state index in [0.29, 0.717) is 25.1 Å². The first-order valence-electron chi connectivity index (χ1n) is 9.76. The molecule has 1 saturated heterocycles. The average molecular weight is 417 g/mol. The van der Waals surface area contributed by atoms with Crippen LogP contribution in [0.3, 0.4) is 0 Å². The molecular formula is C22H28N2O4S. The Morgan fingerprint density at radius 1 is 1.10 bits per heavy atom. The summed E-state index contributed by atoms with van der Waals surface area (Å²) in [5, 5.41) is 3.01. The van der Waals surface area contributed by atoms with Gasteiger partial charge in [0, 0.05) is 18.8 Å². The van der Waals surface area contributed by atoms with Gasteiger partial charge in [-0.2, -0.15) is 4.31 Å². The van der Waals surface area contributed by atoms with Crippen LogP contribution in [0, 0.1) is 26.7 Å². The molecule has 6 nitrogen and oxygen atoms in total. The number of methoxy groups -OCH3 is 1. The van der Waals surface area contributed by atoms with Gasteiger partial charge in [-0.05, 0) is 68.5 Å². The van der Waals surface area contributed by atoms with E-state index in [2.05, 4.69) is 5.32 Å². The Kier molecular flexibility index (Phi) is 6.29. The molecule has 7 heteroatoms. The lowest BCUT2D eigenvalue weighted by Crippen LogP contribution is -2.43. The number of sulfonamides is 1. The second-order valence-corrected chi connectivity index (χ2v) is 9.53. The number of nitrogens with zero attached hydrogens (tertiary/aromatic N) is 1. The molecule has 156 valence electrons. The van der Waals surface area contributed by atoms with Crippen molar-refractivity contribution in [3.8, 4) is 5.75 Å². The highest BCUT2D eigenvalue weighted by Crippen LogP contribution is 2.28. The van der Waals surface area contributed by atoms with Gasteiger partial charge in [0.15, 0.2) is 0 Å². The molecule has 1 atom stereocenters. The van der Waals surface area contributed by atoms with E-state index in [1.54, 1.807) is 25.3 Å². The molecule has 2 aromatic rings. The molecule has 1 fully saturated rings. The van der Waals surface area contributed by atoms with Gasteiger partial charge in [-0.15, -0.1) is 0 Å². The first-order chi connectivity index (χ1) is 13.7. The van der Waals surface area contributed by atoms with Gasteiger partial charge in [-0.3, -0.25) is 4.79 Å². The SMILES string of the molecule is COc1ccc(S(=O)(=O)N2CCC[C@@H](C(=O)Nc3c(C)cccc3C)C2)cc1C. The van der Waals surface area contributed by atoms with Crippen molar-refractivity contribution in [1.82, 2.24) is 4.31 Å². The van der Waals surface area contributed by atoms with E-state index in [9.17, 15) is 13.2 Å². The van der Waals surface area contributed by atoms with Crippen LogP contribution >= 0.6 is 0 Å². The smallest absolute Gasteiger partial charge is 0.243 e. The molecule has 1 amide bonds. The van der Waals surface area contributed by atoms with Crippen LogP contribution in [0.2, 0.25) is 0 Å². The minimum atomic E-state index is -3.67. The number of carbonyl (C=O) groups excluding carboxylic acids is 1. The summed E-state index contributed by atoms with van der Waals surface area (Å²) in [5.74, 6) is 0.138. The Balaban J connectivity index is 1.77. The Hall–Kier alpha value is -2.38. The lowest BCUT2D eigenvalue weighted by molar-refractivity contribution is -0.120. The standard InChI is InChI=1S/C22H28N2O4S/c1-15-7-5-8-16(2)21(15)23-22(25)18-9-6-12-24(14-18)29(26,27)19-10-11-20(28-4)17(3)13-19/h5,7-8,10-11,13,18H,6,9,12,14H2,1-4H3,(H,23,25)/t18-/m1/s1. The molecule has 0 bridgehead atoms. The maximum Gasteiger partial charge on any atom is 0.243 e. The van der Waals surface area contributed by atoms with Crippen LogP contribution in [0.4, 0.5) is 5.69 Å². The molecule has 2 aromatic carbocycles. The van der Waals surface area contributed by atoms with Crippen LogP contribution in [-0.4, -0.2) is 38.8 Å². The predicted molar refractivity (Wildman–Crippen MR) is 114 cm³/mol. The van der Waals surface area contributed by atoms with Crippen LogP contribution in [0.5, 0.6) is 5.75 Å². The number of benzene rings is 2. The molecule has 1 aliphatic heterocycles. The summed E-state index contributed by atoms with van der Waals surface area (Å²) in [7, 11) is -2.11. The first-order valence-corrected chi connectivity index (χ1v) is 11.2. The number of ether oxygens (including phenoxy) is 1. The van der Waals surface area contributed by atoms with Crippen LogP contribution < -0.4 is 10.1 Å². The number of hydrogen-bond acceptors (Lipinski definition) is 4. The fourth-order valence-electron chi connectivity index (χ4n) is 3.77. The highest BCUT2D eigenvalue weighted by Gasteiger charge is 2.33. The summed E-state index contributed by atoms with van der Waals surface area (Å²) in [6.07, 6.45) is 1.32. The Morgan fingerprint density at radius 3 is 2.41 bits per heavy atom. The minimum absolute atomic E-state index is 0.131. The van der Waals surface area contributed by atoms with E-state index in [0.717, 1.165) is 22.4 Å². The molecular weight excluding hydrogens is 388 g/mol. The van der Waals surface area contributed by atoms with Gasteiger partial charge < -0.3 is 10.1 Å². The molecule has 1 N–H and O–H groups in total. The third-order valence-electron chi connectivity index (χ3n) is 5.49. The summed E-state index contributed by atoms with van der Waals surface area (Å²) < 4.78 is 32.9. The monoisotopic (exact) mass is 416 g/mol. The number of anilines is 1. The molecule has 3 rings (SSSR count). The summed E-state index contributed by atoms with van der Waals surface area (Å²) in [4.78, 5) is 13.1. The van der Waals surface area contributed by atoms with E-state index in [1.807, 2.05) is 39.0 Å². The van der Waals surface area contributed by atoms with Gasteiger partial charge >= 0.3 is 0 Å². The van der Waals surface area contributed by atoms with Crippen molar-refractivity contribution < 1.29 is 17.9 Å². The number of nitrogens with one attached hydrogen (secondary N) is 1. The fourth-order valence-corrected chi connectivity index (χ4v) is 5.38. The van der Waals surface area contributed by atoms with E-state index in [-0.39, 0.29) is 23.3 Å². The number of rotatable bonds is 5.